The average Bonchev–Trinajstić information content (AvgIpc) is 3.18. The Kier molecular flexibility index (Phi) is 5.99. The van der Waals surface area contributed by atoms with Gasteiger partial charge < -0.3 is 28.8 Å². The maximum atomic E-state index is 5.55. The van der Waals surface area contributed by atoms with Crippen LogP contribution in [-0.4, -0.2) is 36.5 Å². The molecule has 0 amide bonds. The Bertz CT molecular complexity index is 1190. The minimum atomic E-state index is 0.467. The summed E-state index contributed by atoms with van der Waals surface area (Å²) < 4.78 is 25.2. The fourth-order valence-corrected chi connectivity index (χ4v) is 3.80. The third-order valence-electron chi connectivity index (χ3n) is 4.47. The third-order valence-corrected chi connectivity index (χ3v) is 5.37. The topological polar surface area (TPSA) is 104 Å². The number of aromatic nitrogens is 3. The van der Waals surface area contributed by atoms with Gasteiger partial charge in [-0.1, -0.05) is 11.2 Å². The highest BCUT2D eigenvalue weighted by Gasteiger charge is 2.17. The fourth-order valence-electron chi connectivity index (χ4n) is 2.95. The molecule has 4 rings (SSSR count). The second-order valence-corrected chi connectivity index (χ2v) is 7.24. The van der Waals surface area contributed by atoms with Gasteiger partial charge in [0, 0.05) is 18.0 Å². The van der Waals surface area contributed by atoms with Gasteiger partial charge in [-0.05, 0) is 43.1 Å². The first kappa shape index (κ1) is 20.6. The van der Waals surface area contributed by atoms with Gasteiger partial charge in [-0.2, -0.15) is 0 Å². The number of nitrogens with zero attached hydrogens (tertiary/aromatic N) is 3. The molecule has 0 fully saturated rings. The summed E-state index contributed by atoms with van der Waals surface area (Å²) in [6, 6.07) is 11.1. The van der Waals surface area contributed by atoms with Crippen LogP contribution in [0.15, 0.2) is 52.0 Å². The number of methoxy groups -OCH3 is 3. The number of hydrogen-bond acceptors (Lipinski definition) is 10. The molecule has 0 atom stereocenters. The van der Waals surface area contributed by atoms with Gasteiger partial charge in [0.15, 0.2) is 11.4 Å². The van der Waals surface area contributed by atoms with E-state index < -0.39 is 0 Å². The van der Waals surface area contributed by atoms with Crippen LogP contribution < -0.4 is 24.2 Å². The van der Waals surface area contributed by atoms with Crippen LogP contribution in [0.4, 0.5) is 17.5 Å². The first-order valence-corrected chi connectivity index (χ1v) is 10.1. The van der Waals surface area contributed by atoms with Gasteiger partial charge in [-0.25, -0.2) is 9.97 Å². The van der Waals surface area contributed by atoms with Crippen molar-refractivity contribution in [1.29, 1.82) is 0 Å². The highest BCUT2D eigenvalue weighted by Crippen LogP contribution is 2.40. The van der Waals surface area contributed by atoms with Gasteiger partial charge in [0.05, 0.1) is 32.4 Å². The predicted octanol–water partition coefficient (Wildman–Crippen LogP) is 4.81. The highest BCUT2D eigenvalue weighted by atomic mass is 32.2. The van der Waals surface area contributed by atoms with E-state index in [1.54, 1.807) is 33.6 Å². The maximum Gasteiger partial charge on any atom is 0.227 e. The zero-order valence-corrected chi connectivity index (χ0v) is 18.2. The molecule has 0 aliphatic rings. The van der Waals surface area contributed by atoms with Gasteiger partial charge >= 0.3 is 0 Å². The van der Waals surface area contributed by atoms with E-state index in [-0.39, 0.29) is 0 Å². The summed E-state index contributed by atoms with van der Waals surface area (Å²) in [6.07, 6.45) is 1.69. The number of benzene rings is 2. The Balaban J connectivity index is 1.62. The summed E-state index contributed by atoms with van der Waals surface area (Å²) in [5.41, 5.74) is 2.10. The van der Waals surface area contributed by atoms with Crippen LogP contribution in [0.25, 0.3) is 11.0 Å². The number of fused-ring (bicyclic) bond motifs is 1. The first-order valence-electron chi connectivity index (χ1n) is 9.31. The van der Waals surface area contributed by atoms with Crippen molar-refractivity contribution in [2.75, 3.05) is 31.4 Å². The minimum Gasteiger partial charge on any atom is -0.495 e. The van der Waals surface area contributed by atoms with Gasteiger partial charge in [0.1, 0.15) is 22.1 Å². The second kappa shape index (κ2) is 9.00. The maximum absolute atomic E-state index is 5.55. The lowest BCUT2D eigenvalue weighted by molar-refractivity contribution is 0.376. The predicted molar refractivity (Wildman–Crippen MR) is 120 cm³/mol. The Hall–Kier alpha value is -3.66. The number of hydrogen-bond donors (Lipinski definition) is 2. The molecule has 31 heavy (non-hydrogen) atoms. The van der Waals surface area contributed by atoms with E-state index in [0.717, 1.165) is 16.0 Å². The summed E-state index contributed by atoms with van der Waals surface area (Å²) in [6.45, 7) is 1.90. The summed E-state index contributed by atoms with van der Waals surface area (Å²) in [7, 11) is 4.82. The summed E-state index contributed by atoms with van der Waals surface area (Å²) in [5.74, 6) is 2.99. The fraction of sp³-hybridized carbons (Fsp3) is 0.190. The van der Waals surface area contributed by atoms with Crippen LogP contribution >= 0.6 is 11.9 Å². The molecule has 9 nitrogen and oxygen atoms in total. The molecule has 2 heterocycles. The van der Waals surface area contributed by atoms with Crippen LogP contribution in [-0.2, 0) is 0 Å². The Morgan fingerprint density at radius 3 is 2.39 bits per heavy atom. The molecule has 0 saturated heterocycles. The third kappa shape index (κ3) is 4.29. The Morgan fingerprint density at radius 2 is 1.71 bits per heavy atom. The zero-order chi connectivity index (χ0) is 21.8. The number of anilines is 3. The number of ether oxygens (including phenoxy) is 3. The molecule has 0 unspecified atom stereocenters. The molecule has 0 aliphatic carbocycles. The normalized spacial score (nSPS) is 10.7. The summed E-state index contributed by atoms with van der Waals surface area (Å²) in [5, 5.41) is 8.07. The quantitative estimate of drug-likeness (QED) is 0.372. The molecule has 0 bridgehead atoms. The van der Waals surface area contributed by atoms with Crippen molar-refractivity contribution in [3.05, 3.63) is 48.3 Å². The standard InChI is InChI=1S/C21H21N5O4S/c1-12-8-9-22-21(23-12)24-14-11-17-13(10-18(14)29-4)20(25-30-17)26-31-19-15(27-2)6-5-7-16(19)28-3/h5-11H,1-4H3,(H,25,26)(H,22,23,24). The van der Waals surface area contributed by atoms with Crippen LogP contribution in [0.3, 0.4) is 0 Å². The number of rotatable bonds is 8. The molecule has 2 aromatic carbocycles. The molecule has 2 aromatic heterocycles. The minimum absolute atomic E-state index is 0.467. The molecular weight excluding hydrogens is 418 g/mol. The smallest absolute Gasteiger partial charge is 0.227 e. The van der Waals surface area contributed by atoms with Crippen molar-refractivity contribution >= 4 is 40.4 Å². The molecule has 0 radical (unpaired) electrons. The SMILES string of the molecule is COc1cc2c(NSc3c(OC)cccc3OC)noc2cc1Nc1nccc(C)n1. The van der Waals surface area contributed by atoms with E-state index in [0.29, 0.717) is 40.3 Å². The van der Waals surface area contributed by atoms with E-state index >= 15 is 0 Å². The van der Waals surface area contributed by atoms with E-state index in [4.69, 9.17) is 18.7 Å². The molecular formula is C21H21N5O4S. The van der Waals surface area contributed by atoms with Crippen molar-refractivity contribution in [3.63, 3.8) is 0 Å². The van der Waals surface area contributed by atoms with Crippen molar-refractivity contribution in [2.45, 2.75) is 11.8 Å². The average molecular weight is 439 g/mol. The monoisotopic (exact) mass is 439 g/mol. The van der Waals surface area contributed by atoms with Crippen molar-refractivity contribution in [2.24, 2.45) is 0 Å². The van der Waals surface area contributed by atoms with Crippen molar-refractivity contribution in [3.8, 4) is 17.2 Å². The lowest BCUT2D eigenvalue weighted by Gasteiger charge is -2.12. The van der Waals surface area contributed by atoms with Crippen LogP contribution in [0.2, 0.25) is 0 Å². The first-order chi connectivity index (χ1) is 15.1. The van der Waals surface area contributed by atoms with Gasteiger partial charge in [-0.15, -0.1) is 0 Å². The van der Waals surface area contributed by atoms with Gasteiger partial charge in [0.2, 0.25) is 5.95 Å². The molecule has 0 spiro atoms. The zero-order valence-electron chi connectivity index (χ0n) is 17.4. The molecule has 10 heteroatoms. The second-order valence-electron chi connectivity index (χ2n) is 6.42. The van der Waals surface area contributed by atoms with Gasteiger partial charge in [0.25, 0.3) is 0 Å². The highest BCUT2D eigenvalue weighted by molar-refractivity contribution is 8.00. The molecule has 2 N–H and O–H groups in total. The molecule has 0 saturated carbocycles. The Morgan fingerprint density at radius 1 is 0.968 bits per heavy atom. The van der Waals surface area contributed by atoms with Crippen LogP contribution in [0, 0.1) is 6.92 Å². The molecule has 0 aliphatic heterocycles. The van der Waals surface area contributed by atoms with Crippen molar-refractivity contribution < 1.29 is 18.7 Å². The van der Waals surface area contributed by atoms with Gasteiger partial charge in [-0.3, -0.25) is 0 Å². The largest absolute Gasteiger partial charge is 0.495 e. The molecule has 160 valence electrons. The number of nitrogens with one attached hydrogen (secondary N) is 2. The van der Waals surface area contributed by atoms with Crippen LogP contribution in [0.5, 0.6) is 17.2 Å². The Labute approximate surface area is 183 Å². The summed E-state index contributed by atoms with van der Waals surface area (Å²) in [4.78, 5) is 9.39. The lowest BCUT2D eigenvalue weighted by Crippen LogP contribution is -2.00. The van der Waals surface area contributed by atoms with Crippen molar-refractivity contribution in [1.82, 2.24) is 15.1 Å². The van der Waals surface area contributed by atoms with E-state index in [2.05, 4.69) is 25.2 Å². The molecule has 4 aromatic rings. The van der Waals surface area contributed by atoms with E-state index in [1.165, 1.54) is 11.9 Å². The van der Waals surface area contributed by atoms with E-state index in [1.807, 2.05) is 37.3 Å². The lowest BCUT2D eigenvalue weighted by atomic mass is 10.2. The van der Waals surface area contributed by atoms with E-state index in [9.17, 15) is 0 Å². The van der Waals surface area contributed by atoms with Crippen LogP contribution in [0.1, 0.15) is 5.69 Å². The number of aryl methyl sites for hydroxylation is 1. The summed E-state index contributed by atoms with van der Waals surface area (Å²) >= 11 is 1.32.